The Labute approximate surface area is 114 Å². The lowest BCUT2D eigenvalue weighted by Gasteiger charge is -2.37. The summed E-state index contributed by atoms with van der Waals surface area (Å²) in [6.07, 6.45) is 7.04. The van der Waals surface area contributed by atoms with E-state index >= 15 is 0 Å². The first-order chi connectivity index (χ1) is 8.53. The van der Waals surface area contributed by atoms with Gasteiger partial charge in [-0.3, -0.25) is 0 Å². The zero-order valence-corrected chi connectivity index (χ0v) is 13.4. The predicted molar refractivity (Wildman–Crippen MR) is 82.8 cm³/mol. The maximum Gasteiger partial charge on any atom is -0.00103 e. The average molecular weight is 270 g/mol. The lowest BCUT2D eigenvalue weighted by molar-refractivity contribution is 0.181. The van der Waals surface area contributed by atoms with E-state index in [1.165, 1.54) is 51.7 Å². The zero-order chi connectivity index (χ0) is 13.2. The fourth-order valence-electron chi connectivity index (χ4n) is 3.01. The summed E-state index contributed by atoms with van der Waals surface area (Å²) in [6.45, 7) is 12.3. The van der Waals surface area contributed by atoms with E-state index in [-0.39, 0.29) is 7.92 Å². The average Bonchev–Trinajstić information content (AvgIpc) is 3.20. The fourth-order valence-corrected chi connectivity index (χ4v) is 5.37. The molecule has 1 aliphatic heterocycles. The molecular formula is C15H31N2P. The maximum absolute atomic E-state index is 5.76. The van der Waals surface area contributed by atoms with Crippen molar-refractivity contribution in [2.45, 2.75) is 56.8 Å². The summed E-state index contributed by atoms with van der Waals surface area (Å²) in [7, 11) is 0.243. The lowest BCUT2D eigenvalue weighted by atomic mass is 9.96. The smallest absolute Gasteiger partial charge is 0.00103 e. The third-order valence-electron chi connectivity index (χ3n) is 5.13. The molecule has 2 N–H and O–H groups in total. The van der Waals surface area contributed by atoms with Gasteiger partial charge in [-0.1, -0.05) is 13.8 Å². The van der Waals surface area contributed by atoms with Gasteiger partial charge in [0.1, 0.15) is 0 Å². The van der Waals surface area contributed by atoms with Crippen molar-refractivity contribution in [1.82, 2.24) is 4.90 Å². The van der Waals surface area contributed by atoms with Crippen LogP contribution in [0.5, 0.6) is 0 Å². The van der Waals surface area contributed by atoms with Crippen molar-refractivity contribution >= 4 is 7.92 Å². The Kier molecular flexibility index (Phi) is 5.08. The quantitative estimate of drug-likeness (QED) is 0.751. The number of rotatable bonds is 6. The summed E-state index contributed by atoms with van der Waals surface area (Å²) in [5.41, 5.74) is 6.85. The van der Waals surface area contributed by atoms with Crippen molar-refractivity contribution in [3.8, 4) is 0 Å². The molecule has 0 bridgehead atoms. The minimum absolute atomic E-state index is 0.243. The van der Waals surface area contributed by atoms with Gasteiger partial charge in [0.2, 0.25) is 0 Å². The molecule has 1 atom stereocenters. The molecule has 2 rings (SSSR count). The van der Waals surface area contributed by atoms with E-state index in [1.54, 1.807) is 0 Å². The second kappa shape index (κ2) is 6.20. The molecule has 2 nitrogen and oxygen atoms in total. The molecule has 0 spiro atoms. The normalized spacial score (nSPS) is 25.3. The Balaban J connectivity index is 1.70. The van der Waals surface area contributed by atoms with Gasteiger partial charge in [0.15, 0.2) is 0 Å². The molecule has 0 radical (unpaired) electrons. The van der Waals surface area contributed by atoms with Gasteiger partial charge in [0.25, 0.3) is 0 Å². The first kappa shape index (κ1) is 14.8. The van der Waals surface area contributed by atoms with Gasteiger partial charge in [-0.25, -0.2) is 0 Å². The van der Waals surface area contributed by atoms with Gasteiger partial charge in [-0.15, -0.1) is 7.92 Å². The molecule has 0 aromatic carbocycles. The number of nitrogens with two attached hydrogens (primary N) is 1. The van der Waals surface area contributed by atoms with E-state index in [2.05, 4.69) is 25.4 Å². The largest absolute Gasteiger partial charge is 0.330 e. The molecule has 0 aromatic heterocycles. The van der Waals surface area contributed by atoms with Crippen molar-refractivity contribution < 1.29 is 0 Å². The minimum Gasteiger partial charge on any atom is -0.330 e. The van der Waals surface area contributed by atoms with Crippen molar-refractivity contribution in [1.29, 1.82) is 0 Å². The van der Waals surface area contributed by atoms with Crippen LogP contribution in [-0.2, 0) is 0 Å². The molecule has 1 saturated heterocycles. The molecular weight excluding hydrogens is 239 g/mol. The van der Waals surface area contributed by atoms with Crippen molar-refractivity contribution in [3.05, 3.63) is 0 Å². The second-order valence-electron chi connectivity index (χ2n) is 6.93. The minimum atomic E-state index is 0.243. The van der Waals surface area contributed by atoms with Crippen LogP contribution in [0.1, 0.15) is 46.0 Å². The number of nitrogens with zero attached hydrogens (tertiary/aromatic N) is 1. The molecule has 1 heterocycles. The van der Waals surface area contributed by atoms with Crippen LogP contribution in [-0.4, -0.2) is 48.6 Å². The van der Waals surface area contributed by atoms with Crippen molar-refractivity contribution in [2.75, 3.05) is 32.8 Å². The van der Waals surface area contributed by atoms with Crippen LogP contribution >= 0.6 is 7.92 Å². The summed E-state index contributed by atoms with van der Waals surface area (Å²) in [5, 5.41) is 0.585. The molecule has 18 heavy (non-hydrogen) atoms. The third kappa shape index (κ3) is 3.92. The van der Waals surface area contributed by atoms with E-state index in [0.29, 0.717) is 5.16 Å². The van der Waals surface area contributed by atoms with E-state index in [1.807, 2.05) is 0 Å². The number of piperidine rings is 1. The molecule has 0 aromatic rings. The summed E-state index contributed by atoms with van der Waals surface area (Å²) in [5.74, 6) is 0.795. The summed E-state index contributed by atoms with van der Waals surface area (Å²) in [6, 6.07) is 0. The third-order valence-corrected chi connectivity index (χ3v) is 8.87. The number of hydrogen-bond acceptors (Lipinski definition) is 2. The Hall–Kier alpha value is 0.350. The van der Waals surface area contributed by atoms with E-state index < -0.39 is 0 Å². The SMILES string of the molecule is CP(C1CC1)C(C)(C)CCN1CCC(CN)CC1. The molecule has 1 aliphatic carbocycles. The summed E-state index contributed by atoms with van der Waals surface area (Å²) < 4.78 is 0. The molecule has 3 heteroatoms. The highest BCUT2D eigenvalue weighted by Gasteiger charge is 2.37. The van der Waals surface area contributed by atoms with Crippen LogP contribution in [0.25, 0.3) is 0 Å². The van der Waals surface area contributed by atoms with Gasteiger partial charge in [0.05, 0.1) is 0 Å². The molecule has 2 fully saturated rings. The monoisotopic (exact) mass is 270 g/mol. The van der Waals surface area contributed by atoms with Crippen LogP contribution in [0.3, 0.4) is 0 Å². The topological polar surface area (TPSA) is 29.3 Å². The van der Waals surface area contributed by atoms with E-state index in [0.717, 1.165) is 18.1 Å². The summed E-state index contributed by atoms with van der Waals surface area (Å²) >= 11 is 0. The Morgan fingerprint density at radius 2 is 1.78 bits per heavy atom. The summed E-state index contributed by atoms with van der Waals surface area (Å²) in [4.78, 5) is 2.67. The highest BCUT2D eigenvalue weighted by molar-refractivity contribution is 7.59. The lowest BCUT2D eigenvalue weighted by Crippen LogP contribution is -2.38. The maximum atomic E-state index is 5.76. The van der Waals surface area contributed by atoms with Crippen molar-refractivity contribution in [2.24, 2.45) is 11.7 Å². The first-order valence-electron chi connectivity index (χ1n) is 7.68. The molecule has 0 amide bonds. The van der Waals surface area contributed by atoms with Crippen LogP contribution in [0.15, 0.2) is 0 Å². The molecule has 2 aliphatic rings. The Bertz CT molecular complexity index is 255. The highest BCUT2D eigenvalue weighted by atomic mass is 31.1. The molecule has 1 unspecified atom stereocenters. The second-order valence-corrected chi connectivity index (χ2v) is 10.1. The standard InChI is InChI=1S/C15H31N2P/c1-15(2,18(3)14-4-5-14)8-11-17-9-6-13(12-16)7-10-17/h13-14H,4-12,16H2,1-3H3. The van der Waals surface area contributed by atoms with Gasteiger partial charge in [-0.05, 0) is 81.7 Å². The zero-order valence-electron chi connectivity index (χ0n) is 12.5. The number of likely N-dealkylation sites (tertiary alicyclic amines) is 1. The van der Waals surface area contributed by atoms with Crippen molar-refractivity contribution in [3.63, 3.8) is 0 Å². The van der Waals surface area contributed by atoms with E-state index in [9.17, 15) is 0 Å². The van der Waals surface area contributed by atoms with E-state index in [4.69, 9.17) is 5.73 Å². The first-order valence-corrected chi connectivity index (χ1v) is 9.54. The Morgan fingerprint density at radius 3 is 2.28 bits per heavy atom. The van der Waals surface area contributed by atoms with Gasteiger partial charge >= 0.3 is 0 Å². The van der Waals surface area contributed by atoms with Gasteiger partial charge in [-0.2, -0.15) is 0 Å². The van der Waals surface area contributed by atoms with Crippen LogP contribution in [0.2, 0.25) is 0 Å². The Morgan fingerprint density at radius 1 is 1.17 bits per heavy atom. The van der Waals surface area contributed by atoms with Gasteiger partial charge < -0.3 is 10.6 Å². The molecule has 1 saturated carbocycles. The van der Waals surface area contributed by atoms with Crippen LogP contribution in [0, 0.1) is 5.92 Å². The highest BCUT2D eigenvalue weighted by Crippen LogP contribution is 2.60. The van der Waals surface area contributed by atoms with Crippen LogP contribution in [0.4, 0.5) is 0 Å². The molecule has 106 valence electrons. The number of hydrogen-bond donors (Lipinski definition) is 1. The fraction of sp³-hybridized carbons (Fsp3) is 1.00. The predicted octanol–water partition coefficient (Wildman–Crippen LogP) is 3.10. The van der Waals surface area contributed by atoms with Crippen LogP contribution < -0.4 is 5.73 Å². The van der Waals surface area contributed by atoms with Gasteiger partial charge in [0, 0.05) is 0 Å².